The first-order valence-corrected chi connectivity index (χ1v) is 7.70. The number of alkyl halides is 9. The third-order valence-corrected chi connectivity index (χ3v) is 3.75. The second-order valence-electron chi connectivity index (χ2n) is 5.35. The minimum absolute atomic E-state index is 0.106. The van der Waals surface area contributed by atoms with Gasteiger partial charge in [0.15, 0.2) is 5.69 Å². The van der Waals surface area contributed by atoms with E-state index in [2.05, 4.69) is 9.98 Å². The minimum atomic E-state index is -5.25. The van der Waals surface area contributed by atoms with Crippen molar-refractivity contribution in [2.45, 2.75) is 32.0 Å². The van der Waals surface area contributed by atoms with Gasteiger partial charge < -0.3 is 4.57 Å². The van der Waals surface area contributed by atoms with Crippen LogP contribution in [0.4, 0.5) is 45.2 Å². The van der Waals surface area contributed by atoms with Crippen molar-refractivity contribution in [3.63, 3.8) is 0 Å². The van der Waals surface area contributed by atoms with Gasteiger partial charge in [0.2, 0.25) is 5.62 Å². The molecular formula is C15H9ClF9N3. The van der Waals surface area contributed by atoms with E-state index in [-0.39, 0.29) is 12.6 Å². The van der Waals surface area contributed by atoms with Gasteiger partial charge in [0.05, 0.1) is 16.8 Å². The Morgan fingerprint density at radius 1 is 0.929 bits per heavy atom. The van der Waals surface area contributed by atoms with Crippen LogP contribution in [0.3, 0.4) is 0 Å². The maximum Gasteiger partial charge on any atom is 0.433 e. The van der Waals surface area contributed by atoms with E-state index in [0.29, 0.717) is 18.2 Å². The molecule has 0 saturated carbocycles. The predicted octanol–water partition coefficient (Wildman–Crippen LogP) is 5.85. The van der Waals surface area contributed by atoms with Crippen molar-refractivity contribution >= 4 is 17.3 Å². The molecule has 0 radical (unpaired) electrons. The molecule has 0 aliphatic heterocycles. The van der Waals surface area contributed by atoms with Gasteiger partial charge in [0, 0.05) is 12.6 Å². The molecule has 0 amide bonds. The van der Waals surface area contributed by atoms with Crippen LogP contribution in [0.1, 0.15) is 23.7 Å². The molecular weight excluding hydrogens is 429 g/mol. The van der Waals surface area contributed by atoms with Crippen molar-refractivity contribution in [3.8, 4) is 0 Å². The van der Waals surface area contributed by atoms with Crippen LogP contribution in [0, 0.1) is 0 Å². The van der Waals surface area contributed by atoms with Gasteiger partial charge >= 0.3 is 18.5 Å². The zero-order chi connectivity index (χ0) is 21.5. The topological polar surface area (TPSA) is 30.2 Å². The molecule has 0 atom stereocenters. The highest BCUT2D eigenvalue weighted by Crippen LogP contribution is 2.40. The summed E-state index contributed by atoms with van der Waals surface area (Å²) in [5, 5.41) is -0.510. The zero-order valence-corrected chi connectivity index (χ0v) is 14.4. The van der Waals surface area contributed by atoms with Crippen molar-refractivity contribution in [2.24, 2.45) is 4.99 Å². The highest BCUT2D eigenvalue weighted by atomic mass is 35.5. The molecule has 0 bridgehead atoms. The van der Waals surface area contributed by atoms with Crippen molar-refractivity contribution in [1.82, 2.24) is 9.55 Å². The predicted molar refractivity (Wildman–Crippen MR) is 79.6 cm³/mol. The van der Waals surface area contributed by atoms with E-state index in [1.165, 1.54) is 6.92 Å². The molecule has 28 heavy (non-hydrogen) atoms. The van der Waals surface area contributed by atoms with Gasteiger partial charge in [0.25, 0.3) is 0 Å². The van der Waals surface area contributed by atoms with Crippen LogP contribution >= 0.6 is 11.6 Å². The Morgan fingerprint density at radius 2 is 1.54 bits per heavy atom. The number of hydrogen-bond donors (Lipinski definition) is 0. The molecule has 2 aromatic rings. The molecule has 2 rings (SSSR count). The molecule has 0 aliphatic rings. The first-order valence-electron chi connectivity index (χ1n) is 7.32. The summed E-state index contributed by atoms with van der Waals surface area (Å²) in [5.74, 6) is 0. The molecule has 0 saturated heterocycles. The molecule has 3 nitrogen and oxygen atoms in total. The van der Waals surface area contributed by atoms with Crippen molar-refractivity contribution in [1.29, 1.82) is 0 Å². The Balaban J connectivity index is 2.82. The molecule has 0 spiro atoms. The van der Waals surface area contributed by atoms with E-state index in [4.69, 9.17) is 11.6 Å². The summed E-state index contributed by atoms with van der Waals surface area (Å²) in [6.07, 6.45) is -15.3. The molecule has 0 N–H and O–H groups in total. The summed E-state index contributed by atoms with van der Waals surface area (Å²) < 4.78 is 117. The Bertz CT molecular complexity index is 940. The maximum absolute atomic E-state index is 13.2. The van der Waals surface area contributed by atoms with Gasteiger partial charge in [0.1, 0.15) is 5.15 Å². The fourth-order valence-corrected chi connectivity index (χ4v) is 2.45. The average Bonchev–Trinajstić information content (AvgIpc) is 2.52. The van der Waals surface area contributed by atoms with Crippen LogP contribution in [-0.4, -0.2) is 9.55 Å². The second kappa shape index (κ2) is 7.30. The molecule has 154 valence electrons. The number of hydrogen-bond acceptors (Lipinski definition) is 2. The molecule has 13 heteroatoms. The van der Waals surface area contributed by atoms with Crippen LogP contribution < -0.4 is 5.62 Å². The number of nitrogens with zero attached hydrogens (tertiary/aromatic N) is 3. The molecule has 0 aliphatic carbocycles. The van der Waals surface area contributed by atoms with Crippen LogP contribution in [-0.2, 0) is 25.1 Å². The van der Waals surface area contributed by atoms with Gasteiger partial charge in [-0.15, -0.1) is 0 Å². The third-order valence-electron chi connectivity index (χ3n) is 3.43. The molecule has 1 aromatic heterocycles. The summed E-state index contributed by atoms with van der Waals surface area (Å²) in [4.78, 5) is 6.58. The smallest absolute Gasteiger partial charge is 0.301 e. The lowest BCUT2D eigenvalue weighted by Gasteiger charge is -2.15. The van der Waals surface area contributed by atoms with Crippen LogP contribution in [0.2, 0.25) is 5.15 Å². The zero-order valence-electron chi connectivity index (χ0n) is 13.6. The molecule has 0 fully saturated rings. The first-order chi connectivity index (χ1) is 12.6. The second-order valence-corrected chi connectivity index (χ2v) is 5.73. The normalized spacial score (nSPS) is 13.9. The Labute approximate surface area is 156 Å². The van der Waals surface area contributed by atoms with E-state index < -0.39 is 51.8 Å². The Morgan fingerprint density at radius 3 is 2.00 bits per heavy atom. The monoisotopic (exact) mass is 437 g/mol. The standard InChI is InChI=1S/C15H9ClF9N3/c1-2-28-11(16)6-10(15(23,24)25)27-12(28)26-9-4-3-7(13(17,18)19)5-8(9)14(20,21)22/h3-6H,2H2,1H3. The fraction of sp³-hybridized carbons (Fsp3) is 0.333. The quantitative estimate of drug-likeness (QED) is 0.428. The van der Waals surface area contributed by atoms with Gasteiger partial charge in [-0.25, -0.2) is 9.98 Å². The van der Waals surface area contributed by atoms with E-state index in [1.54, 1.807) is 0 Å². The highest BCUT2D eigenvalue weighted by Gasteiger charge is 2.38. The van der Waals surface area contributed by atoms with Crippen molar-refractivity contribution in [3.05, 3.63) is 51.9 Å². The SMILES string of the molecule is CCn1c(Cl)cc(C(F)(F)F)nc1=Nc1ccc(C(F)(F)F)cc1C(F)(F)F. The molecule has 1 aromatic carbocycles. The maximum atomic E-state index is 13.2. The van der Waals surface area contributed by atoms with Crippen molar-refractivity contribution < 1.29 is 39.5 Å². The number of benzene rings is 1. The van der Waals surface area contributed by atoms with Crippen molar-refractivity contribution in [2.75, 3.05) is 0 Å². The fourth-order valence-electron chi connectivity index (χ4n) is 2.15. The van der Waals surface area contributed by atoms with E-state index >= 15 is 0 Å². The molecule has 0 unspecified atom stereocenters. The summed E-state index contributed by atoms with van der Waals surface area (Å²) in [6, 6.07) is 1.02. The van der Waals surface area contributed by atoms with Crippen LogP contribution in [0.15, 0.2) is 29.3 Å². The van der Waals surface area contributed by atoms with Gasteiger partial charge in [-0.1, -0.05) is 11.6 Å². The molecule has 1 heterocycles. The first kappa shape index (κ1) is 22.1. The lowest BCUT2D eigenvalue weighted by molar-refractivity contribution is -0.143. The number of halogens is 10. The van der Waals surface area contributed by atoms with Crippen LogP contribution in [0.5, 0.6) is 0 Å². The third kappa shape index (κ3) is 4.78. The summed E-state index contributed by atoms with van der Waals surface area (Å²) in [6.45, 7) is 1.31. The summed E-state index contributed by atoms with van der Waals surface area (Å²) in [7, 11) is 0. The van der Waals surface area contributed by atoms with Gasteiger partial charge in [-0.3, -0.25) is 0 Å². The van der Waals surface area contributed by atoms with Gasteiger partial charge in [-0.2, -0.15) is 39.5 Å². The highest BCUT2D eigenvalue weighted by molar-refractivity contribution is 6.29. The summed E-state index contributed by atoms with van der Waals surface area (Å²) >= 11 is 5.71. The van der Waals surface area contributed by atoms with E-state index in [9.17, 15) is 39.5 Å². The average molecular weight is 438 g/mol. The van der Waals surface area contributed by atoms with Crippen LogP contribution in [0.25, 0.3) is 0 Å². The Kier molecular flexibility index (Phi) is 5.75. The lowest BCUT2D eigenvalue weighted by Crippen LogP contribution is -2.28. The van der Waals surface area contributed by atoms with E-state index in [1.807, 2.05) is 0 Å². The minimum Gasteiger partial charge on any atom is -0.301 e. The van der Waals surface area contributed by atoms with Gasteiger partial charge in [-0.05, 0) is 25.1 Å². The summed E-state index contributed by atoms with van der Waals surface area (Å²) in [5.41, 5.74) is -6.75. The largest absolute Gasteiger partial charge is 0.433 e. The lowest BCUT2D eigenvalue weighted by atomic mass is 10.1. The Hall–Kier alpha value is -2.24. The van der Waals surface area contributed by atoms with E-state index in [0.717, 1.165) is 4.57 Å². The number of aromatic nitrogens is 2. The number of rotatable bonds is 2.